The van der Waals surface area contributed by atoms with Crippen LogP contribution >= 0.6 is 0 Å². The summed E-state index contributed by atoms with van der Waals surface area (Å²) in [6.45, 7) is 5.21. The number of nitrogens with zero attached hydrogens (tertiary/aromatic N) is 3. The van der Waals surface area contributed by atoms with Crippen molar-refractivity contribution < 1.29 is 5.11 Å². The largest absolute Gasteiger partial charge is 0.390 e. The minimum absolute atomic E-state index is 0.0287. The second kappa shape index (κ2) is 9.46. The zero-order chi connectivity index (χ0) is 16.5. The van der Waals surface area contributed by atoms with Gasteiger partial charge in [0, 0.05) is 6.54 Å². The minimum atomic E-state index is -0.0287. The highest BCUT2D eigenvalue weighted by atomic mass is 16.3. The van der Waals surface area contributed by atoms with E-state index >= 15 is 0 Å². The third-order valence-corrected chi connectivity index (χ3v) is 4.31. The molecule has 1 aromatic heterocycles. The molecule has 0 unspecified atom stereocenters. The summed E-state index contributed by atoms with van der Waals surface area (Å²) in [5.74, 6) is 0. The lowest BCUT2D eigenvalue weighted by atomic mass is 10.1. The highest BCUT2D eigenvalue weighted by Crippen LogP contribution is 2.13. The van der Waals surface area contributed by atoms with Gasteiger partial charge in [0.1, 0.15) is 5.69 Å². The Morgan fingerprint density at radius 2 is 1.74 bits per heavy atom. The predicted octanol–water partition coefficient (Wildman–Crippen LogP) is 3.83. The summed E-state index contributed by atoms with van der Waals surface area (Å²) in [6.07, 6.45) is 8.05. The third-order valence-electron chi connectivity index (χ3n) is 4.31. The summed E-state index contributed by atoms with van der Waals surface area (Å²) < 4.78 is 1.99. The number of aryl methyl sites for hydroxylation is 3. The van der Waals surface area contributed by atoms with E-state index in [-0.39, 0.29) is 6.61 Å². The average Bonchev–Trinajstić information content (AvgIpc) is 2.96. The molecule has 0 radical (unpaired) electrons. The van der Waals surface area contributed by atoms with Crippen LogP contribution in [0.25, 0.3) is 0 Å². The molecule has 0 spiro atoms. The molecule has 0 saturated heterocycles. The van der Waals surface area contributed by atoms with Gasteiger partial charge in [-0.1, -0.05) is 67.6 Å². The average molecular weight is 315 g/mol. The fourth-order valence-electron chi connectivity index (χ4n) is 2.83. The number of benzene rings is 1. The number of aliphatic hydroxyl groups excluding tert-OH is 1. The second-order valence-corrected chi connectivity index (χ2v) is 6.26. The SMILES string of the molecule is CCCCCCCn1nnc(CO)c1CCc1ccc(C)cc1. The van der Waals surface area contributed by atoms with Gasteiger partial charge in [-0.2, -0.15) is 0 Å². The molecule has 0 aliphatic carbocycles. The Morgan fingerprint density at radius 3 is 2.43 bits per heavy atom. The molecule has 23 heavy (non-hydrogen) atoms. The van der Waals surface area contributed by atoms with Crippen molar-refractivity contribution in [1.29, 1.82) is 0 Å². The summed E-state index contributed by atoms with van der Waals surface area (Å²) >= 11 is 0. The van der Waals surface area contributed by atoms with Crippen LogP contribution in [0.4, 0.5) is 0 Å². The molecular weight excluding hydrogens is 286 g/mol. The number of hydrogen-bond donors (Lipinski definition) is 1. The van der Waals surface area contributed by atoms with E-state index in [2.05, 4.69) is 48.4 Å². The molecule has 0 atom stereocenters. The summed E-state index contributed by atoms with van der Waals surface area (Å²) in [6, 6.07) is 8.64. The molecule has 1 N–H and O–H groups in total. The van der Waals surface area contributed by atoms with E-state index in [1.54, 1.807) is 0 Å². The molecule has 1 aromatic carbocycles. The summed E-state index contributed by atoms with van der Waals surface area (Å²) in [5, 5.41) is 17.9. The maximum absolute atomic E-state index is 9.49. The van der Waals surface area contributed by atoms with Gasteiger partial charge in [-0.25, -0.2) is 4.68 Å². The standard InChI is InChI=1S/C19H29N3O/c1-3-4-5-6-7-14-22-19(18(15-23)20-21-22)13-12-17-10-8-16(2)9-11-17/h8-11,23H,3-7,12-15H2,1-2H3. The van der Waals surface area contributed by atoms with Gasteiger partial charge in [0.25, 0.3) is 0 Å². The molecule has 4 heteroatoms. The van der Waals surface area contributed by atoms with Gasteiger partial charge in [0.05, 0.1) is 12.3 Å². The fourth-order valence-corrected chi connectivity index (χ4v) is 2.83. The van der Waals surface area contributed by atoms with Crippen molar-refractivity contribution >= 4 is 0 Å². The highest BCUT2D eigenvalue weighted by Gasteiger charge is 2.12. The van der Waals surface area contributed by atoms with Gasteiger partial charge in [-0.3, -0.25) is 0 Å². The van der Waals surface area contributed by atoms with Crippen molar-refractivity contribution in [2.75, 3.05) is 0 Å². The Balaban J connectivity index is 1.93. The first-order valence-electron chi connectivity index (χ1n) is 8.82. The lowest BCUT2D eigenvalue weighted by Gasteiger charge is -2.08. The van der Waals surface area contributed by atoms with Crippen LogP contribution in [-0.2, 0) is 26.0 Å². The molecule has 0 amide bonds. The van der Waals surface area contributed by atoms with E-state index in [0.29, 0.717) is 0 Å². The Morgan fingerprint density at radius 1 is 1.00 bits per heavy atom. The van der Waals surface area contributed by atoms with Gasteiger partial charge in [0.2, 0.25) is 0 Å². The molecule has 0 fully saturated rings. The number of aromatic nitrogens is 3. The molecule has 0 aliphatic heterocycles. The Kier molecular flexibility index (Phi) is 7.27. The molecule has 1 heterocycles. The third kappa shape index (κ3) is 5.47. The van der Waals surface area contributed by atoms with Crippen molar-refractivity contribution in [2.24, 2.45) is 0 Å². The predicted molar refractivity (Wildman–Crippen MR) is 93.3 cm³/mol. The monoisotopic (exact) mass is 315 g/mol. The first kappa shape index (κ1) is 17.7. The maximum atomic E-state index is 9.49. The Bertz CT molecular complexity index is 575. The highest BCUT2D eigenvalue weighted by molar-refractivity contribution is 5.22. The number of unbranched alkanes of at least 4 members (excludes halogenated alkanes) is 4. The van der Waals surface area contributed by atoms with Crippen molar-refractivity contribution in [2.45, 2.75) is 71.9 Å². The van der Waals surface area contributed by atoms with Gasteiger partial charge in [0.15, 0.2) is 0 Å². The van der Waals surface area contributed by atoms with Crippen LogP contribution in [0.5, 0.6) is 0 Å². The van der Waals surface area contributed by atoms with E-state index in [1.165, 1.54) is 36.8 Å². The number of rotatable bonds is 10. The van der Waals surface area contributed by atoms with Crippen LogP contribution in [0, 0.1) is 6.92 Å². The molecular formula is C19H29N3O. The molecule has 126 valence electrons. The van der Waals surface area contributed by atoms with Crippen LogP contribution in [0.3, 0.4) is 0 Å². The first-order chi connectivity index (χ1) is 11.2. The van der Waals surface area contributed by atoms with Gasteiger partial charge >= 0.3 is 0 Å². The van der Waals surface area contributed by atoms with E-state index in [9.17, 15) is 5.11 Å². The zero-order valence-corrected chi connectivity index (χ0v) is 14.5. The van der Waals surface area contributed by atoms with Crippen LogP contribution in [-0.4, -0.2) is 20.1 Å². The summed E-state index contributed by atoms with van der Waals surface area (Å²) in [5.41, 5.74) is 4.41. The lowest BCUT2D eigenvalue weighted by Crippen LogP contribution is -2.08. The molecule has 0 saturated carbocycles. The second-order valence-electron chi connectivity index (χ2n) is 6.26. The Hall–Kier alpha value is -1.68. The minimum Gasteiger partial charge on any atom is -0.390 e. The first-order valence-corrected chi connectivity index (χ1v) is 8.82. The lowest BCUT2D eigenvalue weighted by molar-refractivity contribution is 0.275. The van der Waals surface area contributed by atoms with Crippen molar-refractivity contribution in [3.05, 3.63) is 46.8 Å². The summed E-state index contributed by atoms with van der Waals surface area (Å²) in [7, 11) is 0. The molecule has 0 bridgehead atoms. The molecule has 2 aromatic rings. The van der Waals surface area contributed by atoms with Gasteiger partial charge < -0.3 is 5.11 Å². The molecule has 0 aliphatic rings. The van der Waals surface area contributed by atoms with E-state index in [1.807, 2.05) is 4.68 Å². The smallest absolute Gasteiger partial charge is 0.111 e. The van der Waals surface area contributed by atoms with E-state index in [4.69, 9.17) is 0 Å². The zero-order valence-electron chi connectivity index (χ0n) is 14.5. The Labute approximate surface area is 139 Å². The van der Waals surface area contributed by atoms with Crippen LogP contribution in [0.1, 0.15) is 61.5 Å². The van der Waals surface area contributed by atoms with E-state index in [0.717, 1.165) is 37.2 Å². The number of aliphatic hydroxyl groups is 1. The number of hydrogen-bond acceptors (Lipinski definition) is 3. The fraction of sp³-hybridized carbons (Fsp3) is 0.579. The van der Waals surface area contributed by atoms with Crippen molar-refractivity contribution in [3.8, 4) is 0 Å². The van der Waals surface area contributed by atoms with E-state index < -0.39 is 0 Å². The van der Waals surface area contributed by atoms with Crippen LogP contribution in [0.2, 0.25) is 0 Å². The normalized spacial score (nSPS) is 11.1. The van der Waals surface area contributed by atoms with Crippen molar-refractivity contribution in [3.63, 3.8) is 0 Å². The quantitative estimate of drug-likeness (QED) is 0.678. The molecule has 2 rings (SSSR count). The van der Waals surface area contributed by atoms with Gasteiger partial charge in [-0.15, -0.1) is 5.10 Å². The topological polar surface area (TPSA) is 50.9 Å². The maximum Gasteiger partial charge on any atom is 0.111 e. The van der Waals surface area contributed by atoms with Crippen LogP contribution in [0.15, 0.2) is 24.3 Å². The van der Waals surface area contributed by atoms with Crippen molar-refractivity contribution in [1.82, 2.24) is 15.0 Å². The summed E-state index contributed by atoms with van der Waals surface area (Å²) in [4.78, 5) is 0. The van der Waals surface area contributed by atoms with Gasteiger partial charge in [-0.05, 0) is 31.7 Å². The van der Waals surface area contributed by atoms with Crippen LogP contribution < -0.4 is 0 Å². The molecule has 4 nitrogen and oxygen atoms in total.